The maximum absolute atomic E-state index is 13.7. The molecule has 190 valence electrons. The zero-order valence-electron chi connectivity index (χ0n) is 21.1. The van der Waals surface area contributed by atoms with Crippen molar-refractivity contribution in [1.82, 2.24) is 24.8 Å². The van der Waals surface area contributed by atoms with Crippen LogP contribution in [0.2, 0.25) is 0 Å². The molecule has 0 radical (unpaired) electrons. The number of hydrogen-bond acceptors (Lipinski definition) is 4. The van der Waals surface area contributed by atoms with Crippen LogP contribution in [0.25, 0.3) is 22.2 Å². The van der Waals surface area contributed by atoms with Crippen molar-refractivity contribution in [3.05, 3.63) is 119 Å². The van der Waals surface area contributed by atoms with E-state index in [0.717, 1.165) is 41.4 Å². The van der Waals surface area contributed by atoms with E-state index in [1.165, 1.54) is 5.56 Å². The van der Waals surface area contributed by atoms with E-state index < -0.39 is 0 Å². The van der Waals surface area contributed by atoms with Crippen molar-refractivity contribution in [3.8, 4) is 11.3 Å². The minimum atomic E-state index is -0.235. The Labute approximate surface area is 220 Å². The van der Waals surface area contributed by atoms with Crippen LogP contribution in [0.15, 0.2) is 96.2 Å². The van der Waals surface area contributed by atoms with E-state index in [-0.39, 0.29) is 23.4 Å². The third-order valence-corrected chi connectivity index (χ3v) is 7.53. The molecule has 3 aromatic heterocycles. The smallest absolute Gasteiger partial charge is 0.273 e. The van der Waals surface area contributed by atoms with Gasteiger partial charge in [0, 0.05) is 29.0 Å². The molecular weight excluding hydrogens is 474 g/mol. The monoisotopic (exact) mass is 503 g/mol. The van der Waals surface area contributed by atoms with Crippen LogP contribution in [-0.4, -0.2) is 25.4 Å². The van der Waals surface area contributed by atoms with E-state index in [4.69, 9.17) is 0 Å². The Morgan fingerprint density at radius 2 is 1.76 bits per heavy atom. The van der Waals surface area contributed by atoms with Crippen LogP contribution in [-0.2, 0) is 29.7 Å². The van der Waals surface area contributed by atoms with Gasteiger partial charge in [0.1, 0.15) is 12.2 Å². The van der Waals surface area contributed by atoms with Gasteiger partial charge in [0.15, 0.2) is 0 Å². The number of nitrogens with zero attached hydrogens (tertiary/aromatic N) is 3. The summed E-state index contributed by atoms with van der Waals surface area (Å²) in [5.41, 5.74) is 5.08. The summed E-state index contributed by atoms with van der Waals surface area (Å²) in [4.78, 5) is 38.7. The first-order valence-corrected chi connectivity index (χ1v) is 13.0. The lowest BCUT2D eigenvalue weighted by atomic mass is 9.90. The van der Waals surface area contributed by atoms with Gasteiger partial charge in [0.25, 0.3) is 5.56 Å². The van der Waals surface area contributed by atoms with E-state index in [2.05, 4.69) is 44.5 Å². The van der Waals surface area contributed by atoms with Crippen molar-refractivity contribution in [2.24, 2.45) is 0 Å². The van der Waals surface area contributed by atoms with Gasteiger partial charge in [0.2, 0.25) is 5.91 Å². The number of aromatic amines is 1. The molecule has 1 fully saturated rings. The van der Waals surface area contributed by atoms with E-state index >= 15 is 0 Å². The molecule has 1 amide bonds. The number of pyridine rings is 1. The Hall–Kier alpha value is -4.52. The molecule has 1 aliphatic rings. The van der Waals surface area contributed by atoms with Crippen LogP contribution in [0.3, 0.4) is 0 Å². The van der Waals surface area contributed by atoms with Crippen LogP contribution in [0.1, 0.15) is 36.2 Å². The summed E-state index contributed by atoms with van der Waals surface area (Å²) in [5, 5.41) is 3.94. The van der Waals surface area contributed by atoms with Gasteiger partial charge in [0.05, 0.1) is 18.4 Å². The number of amides is 1. The van der Waals surface area contributed by atoms with Gasteiger partial charge in [-0.15, -0.1) is 0 Å². The third-order valence-electron chi connectivity index (χ3n) is 7.53. The molecule has 0 aliphatic heterocycles. The van der Waals surface area contributed by atoms with E-state index in [0.29, 0.717) is 24.4 Å². The van der Waals surface area contributed by atoms with Crippen LogP contribution >= 0.6 is 0 Å². The first kappa shape index (κ1) is 23.9. The number of nitrogens with one attached hydrogen (secondary N) is 2. The zero-order chi connectivity index (χ0) is 26.0. The molecular formula is C31H29N5O2. The number of fused-ring (bicyclic) bond motifs is 1. The molecule has 7 heteroatoms. The van der Waals surface area contributed by atoms with Crippen LogP contribution < -0.4 is 10.9 Å². The number of benzene rings is 2. The van der Waals surface area contributed by atoms with Gasteiger partial charge in [-0.3, -0.25) is 24.1 Å². The summed E-state index contributed by atoms with van der Waals surface area (Å²) in [6.07, 6.45) is 8.93. The molecule has 0 bridgehead atoms. The Morgan fingerprint density at radius 1 is 1.00 bits per heavy atom. The van der Waals surface area contributed by atoms with Crippen molar-refractivity contribution in [2.75, 3.05) is 0 Å². The predicted molar refractivity (Wildman–Crippen MR) is 148 cm³/mol. The predicted octanol–water partition coefficient (Wildman–Crippen LogP) is 4.77. The average molecular weight is 504 g/mol. The summed E-state index contributed by atoms with van der Waals surface area (Å²) in [6, 6.07) is 24.0. The number of H-pyrrole nitrogens is 1. The molecule has 0 unspecified atom stereocenters. The standard InChI is InChI=1S/C31H29N5O2/c37-29(34-19-25-17-23-18-32-16-12-26(23)35-25)21-36-28(22-7-3-1-4-8-22)20-33-27(30(36)38)11-13-31(14-15-31)24-9-5-2-6-10-24/h1-10,12,16-18,20,35H,11,13-15,19,21H2,(H,34,37). The largest absolute Gasteiger partial charge is 0.357 e. The Morgan fingerprint density at radius 3 is 2.50 bits per heavy atom. The first-order chi connectivity index (χ1) is 18.6. The fourth-order valence-corrected chi connectivity index (χ4v) is 5.20. The Bertz CT molecular complexity index is 1600. The summed E-state index contributed by atoms with van der Waals surface area (Å²) in [7, 11) is 0. The Balaban J connectivity index is 1.23. The van der Waals surface area contributed by atoms with Gasteiger partial charge < -0.3 is 10.3 Å². The number of hydrogen-bond donors (Lipinski definition) is 2. The molecule has 1 aliphatic carbocycles. The highest BCUT2D eigenvalue weighted by Gasteiger charge is 2.43. The quantitative estimate of drug-likeness (QED) is 0.303. The van der Waals surface area contributed by atoms with Crippen molar-refractivity contribution in [3.63, 3.8) is 0 Å². The maximum Gasteiger partial charge on any atom is 0.273 e. The molecule has 6 rings (SSSR count). The molecule has 3 heterocycles. The number of carbonyl (C=O) groups excluding carboxylic acids is 1. The summed E-state index contributed by atoms with van der Waals surface area (Å²) in [5.74, 6) is -0.235. The average Bonchev–Trinajstić information content (AvgIpc) is 3.64. The topological polar surface area (TPSA) is 92.7 Å². The number of aromatic nitrogens is 4. The fourth-order valence-electron chi connectivity index (χ4n) is 5.20. The molecule has 0 atom stereocenters. The fraction of sp³-hybridized carbons (Fsp3) is 0.226. The molecule has 5 aromatic rings. The van der Waals surface area contributed by atoms with Crippen molar-refractivity contribution >= 4 is 16.8 Å². The zero-order valence-corrected chi connectivity index (χ0v) is 21.1. The van der Waals surface area contributed by atoms with Crippen molar-refractivity contribution in [2.45, 2.75) is 44.2 Å². The third kappa shape index (κ3) is 4.87. The maximum atomic E-state index is 13.7. The molecule has 0 saturated heterocycles. The van der Waals surface area contributed by atoms with Gasteiger partial charge in [-0.1, -0.05) is 60.7 Å². The lowest BCUT2D eigenvalue weighted by Crippen LogP contribution is -2.35. The normalized spacial score (nSPS) is 13.9. The van der Waals surface area contributed by atoms with Crippen LogP contribution in [0.4, 0.5) is 0 Å². The highest BCUT2D eigenvalue weighted by atomic mass is 16.2. The first-order valence-electron chi connectivity index (χ1n) is 13.0. The lowest BCUT2D eigenvalue weighted by molar-refractivity contribution is -0.121. The highest BCUT2D eigenvalue weighted by molar-refractivity contribution is 5.80. The highest BCUT2D eigenvalue weighted by Crippen LogP contribution is 2.51. The van der Waals surface area contributed by atoms with Crippen molar-refractivity contribution in [1.29, 1.82) is 0 Å². The van der Waals surface area contributed by atoms with E-state index in [9.17, 15) is 9.59 Å². The summed E-state index contributed by atoms with van der Waals surface area (Å²) in [6.45, 7) is 0.255. The summed E-state index contributed by atoms with van der Waals surface area (Å²) >= 11 is 0. The second kappa shape index (κ2) is 10.1. The van der Waals surface area contributed by atoms with Crippen LogP contribution in [0, 0.1) is 0 Å². The van der Waals surface area contributed by atoms with Crippen LogP contribution in [0.5, 0.6) is 0 Å². The molecule has 2 aromatic carbocycles. The van der Waals surface area contributed by atoms with E-state index in [1.807, 2.05) is 48.5 Å². The minimum Gasteiger partial charge on any atom is -0.357 e. The van der Waals surface area contributed by atoms with Gasteiger partial charge in [-0.2, -0.15) is 0 Å². The van der Waals surface area contributed by atoms with Gasteiger partial charge in [-0.05, 0) is 54.4 Å². The molecule has 38 heavy (non-hydrogen) atoms. The lowest BCUT2D eigenvalue weighted by Gasteiger charge is -2.17. The second-order valence-corrected chi connectivity index (χ2v) is 10.0. The van der Waals surface area contributed by atoms with Gasteiger partial charge in [-0.25, -0.2) is 0 Å². The molecule has 0 spiro atoms. The van der Waals surface area contributed by atoms with E-state index in [1.54, 1.807) is 23.2 Å². The number of aryl methyl sites for hydroxylation is 1. The second-order valence-electron chi connectivity index (χ2n) is 10.0. The molecule has 2 N–H and O–H groups in total. The van der Waals surface area contributed by atoms with Crippen molar-refractivity contribution < 1.29 is 4.79 Å². The SMILES string of the molecule is O=C(Cn1c(-c2ccccc2)cnc(CCC2(c3ccccc3)CC2)c1=O)NCc1cc2cnccc2[nH]1. The van der Waals surface area contributed by atoms with Gasteiger partial charge >= 0.3 is 0 Å². The number of carbonyl (C=O) groups is 1. The molecule has 7 nitrogen and oxygen atoms in total. The summed E-state index contributed by atoms with van der Waals surface area (Å²) < 4.78 is 1.56. The Kier molecular flexibility index (Phi) is 6.33. The number of rotatable bonds is 9. The minimum absolute atomic E-state index is 0.0792. The molecule has 1 saturated carbocycles.